The van der Waals surface area contributed by atoms with E-state index in [1.807, 2.05) is 72.9 Å². The van der Waals surface area contributed by atoms with Crippen molar-refractivity contribution < 1.29 is 48.0 Å². The summed E-state index contributed by atoms with van der Waals surface area (Å²) in [5.74, 6) is -1.62. The van der Waals surface area contributed by atoms with Gasteiger partial charge in [0.05, 0.1) is 64.6 Å². The minimum absolute atomic E-state index is 0.0423. The summed E-state index contributed by atoms with van der Waals surface area (Å²) in [5.41, 5.74) is 3.00. The van der Waals surface area contributed by atoms with Crippen LogP contribution in [-0.2, 0) is 56.9 Å². The van der Waals surface area contributed by atoms with Crippen LogP contribution in [0, 0.1) is 5.92 Å². The zero-order valence-corrected chi connectivity index (χ0v) is 39.3. The van der Waals surface area contributed by atoms with Crippen LogP contribution in [0.5, 0.6) is 5.75 Å². The van der Waals surface area contributed by atoms with Crippen LogP contribution in [0.1, 0.15) is 68.3 Å². The Bertz CT molecular complexity index is 2710. The van der Waals surface area contributed by atoms with Crippen LogP contribution in [0.3, 0.4) is 0 Å². The van der Waals surface area contributed by atoms with Gasteiger partial charge in [-0.2, -0.15) is 0 Å². The largest absolute Gasteiger partial charge is 0.497 e. The number of aliphatic hydroxyl groups excluding tert-OH is 1. The SMILES string of the molecule is COc1ccc([Si](C)(C)[C@@H]2[C@@H](CCn3cc(C(CO)c4ccccc4)nn3)O[C@]3(C(=O)N(Cc4ccc(N5C(=O)CC5OC(C)=O)cc4)c4ccc(N5C(=O)CC5OC(C)=O)cc43)[C@H]2C)cc1. The molecule has 0 bridgehead atoms. The fourth-order valence-corrected chi connectivity index (χ4v) is 14.7. The number of anilines is 3. The molecule has 17 heteroatoms. The molecular weight excluding hydrogens is 873 g/mol. The molecule has 3 fully saturated rings. The van der Waals surface area contributed by atoms with Gasteiger partial charge in [0.15, 0.2) is 18.1 Å². The molecule has 67 heavy (non-hydrogen) atoms. The van der Waals surface area contributed by atoms with E-state index in [1.165, 1.54) is 23.6 Å². The van der Waals surface area contributed by atoms with Crippen molar-refractivity contribution in [2.75, 3.05) is 28.4 Å². The molecule has 1 spiro atoms. The molecular formula is C50H54N6O10Si. The topological polar surface area (TPSA) is 183 Å². The minimum atomic E-state index is -2.57. The lowest BCUT2D eigenvalue weighted by Gasteiger charge is -2.39. The van der Waals surface area contributed by atoms with E-state index in [9.17, 15) is 24.3 Å². The second-order valence-electron chi connectivity index (χ2n) is 18.3. The van der Waals surface area contributed by atoms with E-state index in [1.54, 1.807) is 34.9 Å². The van der Waals surface area contributed by atoms with Crippen molar-refractivity contribution in [3.8, 4) is 5.75 Å². The van der Waals surface area contributed by atoms with Gasteiger partial charge in [-0.25, -0.2) is 0 Å². The maximum atomic E-state index is 15.7. The maximum absolute atomic E-state index is 15.7. The monoisotopic (exact) mass is 926 g/mol. The van der Waals surface area contributed by atoms with Crippen molar-refractivity contribution >= 4 is 60.0 Å². The Morgan fingerprint density at radius 1 is 0.866 bits per heavy atom. The van der Waals surface area contributed by atoms with Gasteiger partial charge in [-0.3, -0.25) is 38.5 Å². The predicted octanol–water partition coefficient (Wildman–Crippen LogP) is 5.52. The first kappa shape index (κ1) is 45.5. The van der Waals surface area contributed by atoms with Crippen LogP contribution in [-0.4, -0.2) is 90.1 Å². The van der Waals surface area contributed by atoms with E-state index in [0.717, 1.165) is 22.1 Å². The first-order valence-corrected chi connectivity index (χ1v) is 25.6. The average Bonchev–Trinajstić information content (AvgIpc) is 3.96. The standard InChI is InChI=1S/C50H54N6O10Si/c1-30-48(67(5,6)38-19-17-37(63-4)18-20-38)43(22-23-53-28-41(51-52-53)39(29-57)34-10-8-7-9-11-34)66-50(30)40-24-36(56-45(61)26-47(56)65-32(3)59)16-21-42(40)54(49(50)62)27-33-12-14-35(15-13-33)55-44(60)25-46(55)64-31(2)58/h7-21,24,28,30,39,43,46-48,57H,22-23,25-27,29H2,1-6H3/t30-,39?,43+,46?,47?,48-,50+/m0/s1. The van der Waals surface area contributed by atoms with Crippen molar-refractivity contribution in [1.29, 1.82) is 0 Å². The molecule has 3 saturated heterocycles. The first-order valence-electron chi connectivity index (χ1n) is 22.6. The molecule has 3 unspecified atom stereocenters. The molecule has 0 aliphatic carbocycles. The van der Waals surface area contributed by atoms with Gasteiger partial charge in [0.25, 0.3) is 5.91 Å². The average molecular weight is 927 g/mol. The summed E-state index contributed by atoms with van der Waals surface area (Å²) >= 11 is 0. The van der Waals surface area contributed by atoms with Gasteiger partial charge in [-0.05, 0) is 65.6 Å². The number of aromatic nitrogens is 3. The maximum Gasteiger partial charge on any atom is 0.304 e. The summed E-state index contributed by atoms with van der Waals surface area (Å²) in [4.78, 5) is 69.9. The number of fused-ring (bicyclic) bond motifs is 2. The lowest BCUT2D eigenvalue weighted by molar-refractivity contribution is -0.155. The molecule has 348 valence electrons. The molecule has 4 aliphatic heterocycles. The van der Waals surface area contributed by atoms with Crippen molar-refractivity contribution in [2.45, 2.75) is 102 Å². The Morgan fingerprint density at radius 3 is 2.09 bits per heavy atom. The third kappa shape index (κ3) is 8.07. The van der Waals surface area contributed by atoms with E-state index in [2.05, 4.69) is 42.5 Å². The highest BCUT2D eigenvalue weighted by Crippen LogP contribution is 2.61. The Kier molecular flexibility index (Phi) is 12.1. The molecule has 5 heterocycles. The normalized spacial score (nSPS) is 23.8. The molecule has 4 aromatic carbocycles. The van der Waals surface area contributed by atoms with E-state index in [0.29, 0.717) is 41.3 Å². The minimum Gasteiger partial charge on any atom is -0.497 e. The van der Waals surface area contributed by atoms with Gasteiger partial charge in [-0.15, -0.1) is 5.10 Å². The van der Waals surface area contributed by atoms with E-state index < -0.39 is 44.2 Å². The number of methoxy groups -OCH3 is 1. The van der Waals surface area contributed by atoms with Crippen LogP contribution in [0.2, 0.25) is 18.6 Å². The summed E-state index contributed by atoms with van der Waals surface area (Å²) in [6, 6.07) is 30.5. The number of benzene rings is 4. The van der Waals surface area contributed by atoms with Gasteiger partial charge in [-0.1, -0.05) is 85.0 Å². The molecule has 1 aromatic heterocycles. The molecule has 4 aliphatic rings. The van der Waals surface area contributed by atoms with Gasteiger partial charge in [0.1, 0.15) is 5.75 Å². The summed E-state index contributed by atoms with van der Waals surface area (Å²) in [6.07, 6.45) is 0.568. The number of aryl methyl sites for hydroxylation is 1. The van der Waals surface area contributed by atoms with Gasteiger partial charge in [0.2, 0.25) is 11.8 Å². The molecule has 5 aromatic rings. The third-order valence-electron chi connectivity index (χ3n) is 14.0. The number of nitrogens with zero attached hydrogens (tertiary/aromatic N) is 6. The number of aliphatic hydroxyl groups is 1. The van der Waals surface area contributed by atoms with E-state index in [4.69, 9.17) is 18.9 Å². The van der Waals surface area contributed by atoms with Crippen molar-refractivity contribution in [3.63, 3.8) is 0 Å². The molecule has 1 N–H and O–H groups in total. The summed E-state index contributed by atoms with van der Waals surface area (Å²) in [7, 11) is -0.938. The number of rotatable bonds is 15. The number of carbonyl (C=O) groups excluding carboxylic acids is 5. The first-order chi connectivity index (χ1) is 32.1. The summed E-state index contributed by atoms with van der Waals surface area (Å²) in [5, 5.41) is 20.5. The lowest BCUT2D eigenvalue weighted by Crippen LogP contribution is -2.55. The van der Waals surface area contributed by atoms with E-state index >= 15 is 4.79 Å². The molecule has 16 nitrogen and oxygen atoms in total. The number of ether oxygens (including phenoxy) is 4. The number of β-lactam (4-membered cyclic amide) rings is 2. The zero-order chi connectivity index (χ0) is 47.4. The molecule has 7 atom stereocenters. The fraction of sp³-hybridized carbons (Fsp3) is 0.380. The van der Waals surface area contributed by atoms with E-state index in [-0.39, 0.29) is 61.1 Å². The Labute approximate surface area is 389 Å². The van der Waals surface area contributed by atoms with Crippen LogP contribution in [0.25, 0.3) is 0 Å². The Balaban J connectivity index is 1.09. The van der Waals surface area contributed by atoms with Gasteiger partial charge >= 0.3 is 11.9 Å². The Morgan fingerprint density at radius 2 is 1.49 bits per heavy atom. The predicted molar refractivity (Wildman–Crippen MR) is 249 cm³/mol. The highest BCUT2D eigenvalue weighted by Gasteiger charge is 2.66. The third-order valence-corrected chi connectivity index (χ3v) is 18.4. The summed E-state index contributed by atoms with van der Waals surface area (Å²) in [6.45, 7) is 9.75. The second-order valence-corrected chi connectivity index (χ2v) is 23.0. The smallest absolute Gasteiger partial charge is 0.304 e. The van der Waals surface area contributed by atoms with Crippen LogP contribution in [0.15, 0.2) is 103 Å². The summed E-state index contributed by atoms with van der Waals surface area (Å²) < 4.78 is 25.6. The highest BCUT2D eigenvalue weighted by atomic mass is 28.3. The lowest BCUT2D eigenvalue weighted by atomic mass is 9.82. The van der Waals surface area contributed by atoms with Crippen molar-refractivity contribution in [1.82, 2.24) is 15.0 Å². The Hall–Kier alpha value is -6.69. The number of esters is 2. The van der Waals surface area contributed by atoms with Crippen LogP contribution >= 0.6 is 0 Å². The fourth-order valence-electron chi connectivity index (χ4n) is 10.7. The molecule has 0 saturated carbocycles. The molecule has 3 amide bonds. The molecule has 0 radical (unpaired) electrons. The van der Waals surface area contributed by atoms with Crippen molar-refractivity contribution in [3.05, 3.63) is 126 Å². The van der Waals surface area contributed by atoms with Crippen LogP contribution < -0.4 is 24.6 Å². The highest BCUT2D eigenvalue weighted by molar-refractivity contribution is 6.91. The second kappa shape index (κ2) is 17.8. The number of carbonyl (C=O) groups is 5. The quantitative estimate of drug-likeness (QED) is 0.0791. The van der Waals surface area contributed by atoms with Gasteiger partial charge in [0, 0.05) is 49.4 Å². The van der Waals surface area contributed by atoms with Crippen molar-refractivity contribution in [2.24, 2.45) is 5.92 Å². The number of amides is 3. The number of hydrogen-bond donors (Lipinski definition) is 1. The zero-order valence-electron chi connectivity index (χ0n) is 38.3. The van der Waals surface area contributed by atoms with Crippen LogP contribution in [0.4, 0.5) is 17.1 Å². The number of hydrogen-bond acceptors (Lipinski definition) is 12. The van der Waals surface area contributed by atoms with Gasteiger partial charge < -0.3 is 29.0 Å². The molecule has 9 rings (SSSR count).